The van der Waals surface area contributed by atoms with E-state index < -0.39 is 10.3 Å². The average molecular weight is 440 g/mol. The van der Waals surface area contributed by atoms with Crippen LogP contribution in [-0.4, -0.2) is 44.0 Å². The van der Waals surface area contributed by atoms with E-state index in [1.165, 1.54) is 17.7 Å². The average Bonchev–Trinajstić information content (AvgIpc) is 3.22. The molecule has 3 rings (SSSR count). The van der Waals surface area contributed by atoms with Crippen LogP contribution < -0.4 is 5.14 Å². The molecule has 2 heterocycles. The van der Waals surface area contributed by atoms with Gasteiger partial charge in [-0.3, -0.25) is 8.98 Å². The van der Waals surface area contributed by atoms with E-state index in [0.717, 1.165) is 16.9 Å². The number of methoxy groups -OCH3 is 1. The summed E-state index contributed by atoms with van der Waals surface area (Å²) in [5.74, 6) is 0.0198. The highest BCUT2D eigenvalue weighted by Crippen LogP contribution is 2.36. The second-order valence-corrected chi connectivity index (χ2v) is 9.89. The molecule has 0 unspecified atom stereocenters. The fraction of sp³-hybridized carbons (Fsp3) is 0.526. The number of carbonyl (C=O) groups is 1. The van der Waals surface area contributed by atoms with Gasteiger partial charge in [0.2, 0.25) is 5.78 Å². The molecule has 1 saturated carbocycles. The highest BCUT2D eigenvalue weighted by molar-refractivity contribution is 7.84. The van der Waals surface area contributed by atoms with Crippen LogP contribution in [0.15, 0.2) is 18.6 Å². The number of thiophene rings is 1. The topological polar surface area (TPSA) is 121 Å². The van der Waals surface area contributed by atoms with Gasteiger partial charge in [-0.1, -0.05) is 0 Å². The summed E-state index contributed by atoms with van der Waals surface area (Å²) in [7, 11) is -2.39. The van der Waals surface area contributed by atoms with Crippen LogP contribution in [-0.2, 0) is 25.6 Å². The van der Waals surface area contributed by atoms with Crippen molar-refractivity contribution in [2.75, 3.05) is 13.7 Å². The minimum Gasteiger partial charge on any atom is -0.381 e. The fourth-order valence-corrected chi connectivity index (χ4v) is 5.16. The second-order valence-electron chi connectivity index (χ2n) is 7.42. The first-order valence-corrected chi connectivity index (χ1v) is 11.6. The molecular formula is C19H25N3O5S2. The lowest BCUT2D eigenvalue weighted by atomic mass is 9.96. The van der Waals surface area contributed by atoms with Gasteiger partial charge >= 0.3 is 10.3 Å². The van der Waals surface area contributed by atoms with Gasteiger partial charge in [0.1, 0.15) is 6.33 Å². The number of nitrogens with zero attached hydrogens (tertiary/aromatic N) is 2. The molecule has 1 fully saturated rings. The zero-order chi connectivity index (χ0) is 21.2. The minimum absolute atomic E-state index is 0.0167. The Morgan fingerprint density at radius 1 is 1.34 bits per heavy atom. The second kappa shape index (κ2) is 8.97. The summed E-state index contributed by atoms with van der Waals surface area (Å²) in [6.45, 7) is 3.96. The number of rotatable bonds is 8. The van der Waals surface area contributed by atoms with Gasteiger partial charge in [0, 0.05) is 24.1 Å². The Balaban J connectivity index is 1.74. The Morgan fingerprint density at radius 3 is 2.72 bits per heavy atom. The number of hydrogen-bond acceptors (Lipinski definition) is 8. The van der Waals surface area contributed by atoms with Crippen molar-refractivity contribution in [3.05, 3.63) is 45.2 Å². The summed E-state index contributed by atoms with van der Waals surface area (Å²) in [5, 5.41) is 4.94. The van der Waals surface area contributed by atoms with Gasteiger partial charge in [-0.2, -0.15) is 8.42 Å². The number of carbonyl (C=O) groups excluding carboxylic acids is 1. The summed E-state index contributed by atoms with van der Waals surface area (Å²) in [6.07, 6.45) is 4.89. The van der Waals surface area contributed by atoms with Crippen LogP contribution in [0.4, 0.5) is 0 Å². The van der Waals surface area contributed by atoms with E-state index in [1.807, 2.05) is 19.9 Å². The van der Waals surface area contributed by atoms with Crippen molar-refractivity contribution >= 4 is 27.4 Å². The maximum absolute atomic E-state index is 13.0. The summed E-state index contributed by atoms with van der Waals surface area (Å²) in [5.41, 5.74) is 2.29. The lowest BCUT2D eigenvalue weighted by Gasteiger charge is -2.16. The van der Waals surface area contributed by atoms with Gasteiger partial charge in [0.05, 0.1) is 28.8 Å². The monoisotopic (exact) mass is 439 g/mol. The first-order chi connectivity index (χ1) is 13.7. The molecule has 3 atom stereocenters. The Hall–Kier alpha value is -1.72. The SMILES string of the molecule is CO[C@H]1C[C@H](Cc2ncncc2C(=O)c2cc(C)c(C)s2)C[C@@H]1COS(N)(=O)=O. The minimum atomic E-state index is -3.99. The van der Waals surface area contributed by atoms with Gasteiger partial charge in [0.15, 0.2) is 0 Å². The molecule has 0 bridgehead atoms. The number of ether oxygens (including phenoxy) is 1. The van der Waals surface area contributed by atoms with Crippen LogP contribution in [0, 0.1) is 25.7 Å². The lowest BCUT2D eigenvalue weighted by Crippen LogP contribution is -2.25. The fourth-order valence-electron chi connectivity index (χ4n) is 3.81. The molecule has 2 N–H and O–H groups in total. The maximum Gasteiger partial charge on any atom is 0.333 e. The van der Waals surface area contributed by atoms with E-state index in [-0.39, 0.29) is 30.3 Å². The highest BCUT2D eigenvalue weighted by Gasteiger charge is 2.36. The van der Waals surface area contributed by atoms with Crippen molar-refractivity contribution < 1.29 is 22.1 Å². The van der Waals surface area contributed by atoms with E-state index in [9.17, 15) is 13.2 Å². The predicted molar refractivity (Wildman–Crippen MR) is 109 cm³/mol. The van der Waals surface area contributed by atoms with Crippen molar-refractivity contribution in [1.82, 2.24) is 9.97 Å². The molecule has 1 aliphatic rings. The lowest BCUT2D eigenvalue weighted by molar-refractivity contribution is 0.0516. The van der Waals surface area contributed by atoms with Crippen LogP contribution in [0.5, 0.6) is 0 Å². The first-order valence-electron chi connectivity index (χ1n) is 9.28. The Morgan fingerprint density at radius 2 is 2.10 bits per heavy atom. The molecule has 0 spiro atoms. The molecule has 0 saturated heterocycles. The zero-order valence-electron chi connectivity index (χ0n) is 16.6. The van der Waals surface area contributed by atoms with Crippen molar-refractivity contribution in [1.29, 1.82) is 0 Å². The van der Waals surface area contributed by atoms with E-state index >= 15 is 0 Å². The zero-order valence-corrected chi connectivity index (χ0v) is 18.3. The third-order valence-corrected chi connectivity index (χ3v) is 7.00. The van der Waals surface area contributed by atoms with Crippen molar-refractivity contribution in [3.63, 3.8) is 0 Å². The van der Waals surface area contributed by atoms with Crippen molar-refractivity contribution in [2.45, 2.75) is 39.2 Å². The van der Waals surface area contributed by atoms with Crippen LogP contribution in [0.1, 0.15) is 44.2 Å². The number of ketones is 1. The maximum atomic E-state index is 13.0. The molecule has 2 aromatic heterocycles. The van der Waals surface area contributed by atoms with Crippen LogP contribution in [0.3, 0.4) is 0 Å². The number of hydrogen-bond donors (Lipinski definition) is 1. The number of nitrogens with two attached hydrogens (primary N) is 1. The summed E-state index contributed by atoms with van der Waals surface area (Å²) in [6, 6.07) is 1.90. The van der Waals surface area contributed by atoms with Crippen LogP contribution in [0.25, 0.3) is 0 Å². The van der Waals surface area contributed by atoms with Crippen molar-refractivity contribution in [2.24, 2.45) is 17.0 Å². The predicted octanol–water partition coefficient (Wildman–Crippen LogP) is 2.19. The smallest absolute Gasteiger partial charge is 0.333 e. The Bertz CT molecular complexity index is 970. The normalized spacial score (nSPS) is 22.1. The van der Waals surface area contributed by atoms with E-state index in [4.69, 9.17) is 14.1 Å². The molecule has 0 aromatic carbocycles. The molecule has 2 aromatic rings. The Labute approximate surface area is 174 Å². The van der Waals surface area contributed by atoms with E-state index in [0.29, 0.717) is 29.0 Å². The van der Waals surface area contributed by atoms with Crippen molar-refractivity contribution in [3.8, 4) is 0 Å². The van der Waals surface area contributed by atoms with E-state index in [1.54, 1.807) is 13.3 Å². The molecule has 0 amide bonds. The first kappa shape index (κ1) is 22.0. The third-order valence-electron chi connectivity index (χ3n) is 5.39. The highest BCUT2D eigenvalue weighted by atomic mass is 32.2. The molecule has 8 nitrogen and oxygen atoms in total. The van der Waals surface area contributed by atoms with Crippen LogP contribution in [0.2, 0.25) is 0 Å². The molecule has 158 valence electrons. The van der Waals surface area contributed by atoms with E-state index in [2.05, 4.69) is 9.97 Å². The van der Waals surface area contributed by atoms with Gasteiger partial charge in [-0.15, -0.1) is 11.3 Å². The standard InChI is InChI=1S/C19H25N3O5S2/c1-11-4-18(28-12(11)2)19(23)15-8-21-10-22-16(15)6-13-5-14(17(7-13)26-3)9-27-29(20,24)25/h4,8,10,13-14,17H,5-7,9H2,1-3H3,(H2,20,24,25)/t13-,14+,17-/m0/s1. The summed E-state index contributed by atoms with van der Waals surface area (Å²) < 4.78 is 32.5. The molecule has 0 aliphatic heterocycles. The number of aromatic nitrogens is 2. The number of aryl methyl sites for hydroxylation is 2. The van der Waals surface area contributed by atoms with Crippen LogP contribution >= 0.6 is 11.3 Å². The van der Waals surface area contributed by atoms with Gasteiger partial charge in [0.25, 0.3) is 0 Å². The molecule has 1 aliphatic carbocycles. The van der Waals surface area contributed by atoms with Gasteiger partial charge < -0.3 is 4.74 Å². The summed E-state index contributed by atoms with van der Waals surface area (Å²) >= 11 is 1.47. The molecular weight excluding hydrogens is 414 g/mol. The summed E-state index contributed by atoms with van der Waals surface area (Å²) in [4.78, 5) is 23.2. The third kappa shape index (κ3) is 5.46. The van der Waals surface area contributed by atoms with Gasteiger partial charge in [-0.25, -0.2) is 15.1 Å². The quantitative estimate of drug-likeness (QED) is 0.626. The molecule has 0 radical (unpaired) electrons. The van der Waals surface area contributed by atoms with Gasteiger partial charge in [-0.05, 0) is 50.7 Å². The molecule has 29 heavy (non-hydrogen) atoms. The Kier molecular flexibility index (Phi) is 6.79. The largest absolute Gasteiger partial charge is 0.381 e. The molecule has 10 heteroatoms.